The first-order valence-electron chi connectivity index (χ1n) is 8.21. The average Bonchev–Trinajstić information content (AvgIpc) is 3.11. The second-order valence-electron chi connectivity index (χ2n) is 6.38. The first-order chi connectivity index (χ1) is 12.8. The van der Waals surface area contributed by atoms with Crippen LogP contribution in [-0.2, 0) is 9.84 Å². The van der Waals surface area contributed by atoms with E-state index in [0.29, 0.717) is 23.4 Å². The second kappa shape index (κ2) is 6.17. The molecule has 136 valence electrons. The van der Waals surface area contributed by atoms with Crippen molar-refractivity contribution in [3.05, 3.63) is 59.5 Å². The summed E-state index contributed by atoms with van der Waals surface area (Å²) in [6, 6.07) is 6.48. The number of fused-ring (bicyclic) bond motifs is 1. The number of sulfone groups is 1. The smallest absolute Gasteiger partial charge is 0.175 e. The van der Waals surface area contributed by atoms with Gasteiger partial charge in [0, 0.05) is 24.5 Å². The van der Waals surface area contributed by atoms with Crippen molar-refractivity contribution in [2.24, 2.45) is 4.99 Å². The molecule has 1 aliphatic heterocycles. The number of aliphatic imine (C=N–C) groups is 1. The first kappa shape index (κ1) is 17.2. The number of nitrogen functional groups attached to an aromatic ring is 2. The minimum absolute atomic E-state index is 0.136. The van der Waals surface area contributed by atoms with E-state index in [0.717, 1.165) is 16.8 Å². The number of aromatic nitrogens is 2. The summed E-state index contributed by atoms with van der Waals surface area (Å²) >= 11 is 0. The van der Waals surface area contributed by atoms with E-state index in [1.165, 1.54) is 6.26 Å². The molecule has 0 bridgehead atoms. The van der Waals surface area contributed by atoms with Gasteiger partial charge in [0.25, 0.3) is 0 Å². The molecule has 0 saturated carbocycles. The van der Waals surface area contributed by atoms with Crippen molar-refractivity contribution < 1.29 is 8.42 Å². The van der Waals surface area contributed by atoms with Gasteiger partial charge in [-0.05, 0) is 35.4 Å². The van der Waals surface area contributed by atoms with Crippen LogP contribution in [0.5, 0.6) is 0 Å². The van der Waals surface area contributed by atoms with Gasteiger partial charge >= 0.3 is 0 Å². The second-order valence-corrected chi connectivity index (χ2v) is 8.39. The highest BCUT2D eigenvalue weighted by Gasteiger charge is 2.21. The maximum absolute atomic E-state index is 11.7. The van der Waals surface area contributed by atoms with E-state index < -0.39 is 9.84 Å². The summed E-state index contributed by atoms with van der Waals surface area (Å²) < 4.78 is 23.4. The van der Waals surface area contributed by atoms with E-state index in [1.807, 2.05) is 18.2 Å². The molecule has 27 heavy (non-hydrogen) atoms. The fourth-order valence-corrected chi connectivity index (χ4v) is 3.66. The number of allylic oxidation sites excluding steroid dienone is 5. The van der Waals surface area contributed by atoms with E-state index in [2.05, 4.69) is 15.0 Å². The van der Waals surface area contributed by atoms with Gasteiger partial charge in [-0.15, -0.1) is 0 Å². The molecule has 7 nitrogen and oxygen atoms in total. The van der Waals surface area contributed by atoms with E-state index >= 15 is 0 Å². The number of anilines is 2. The van der Waals surface area contributed by atoms with Crippen LogP contribution in [0.25, 0.3) is 16.8 Å². The quantitative estimate of drug-likeness (QED) is 0.844. The van der Waals surface area contributed by atoms with Gasteiger partial charge in [-0.3, -0.25) is 4.99 Å². The average molecular weight is 379 g/mol. The Kier molecular flexibility index (Phi) is 3.92. The summed E-state index contributed by atoms with van der Waals surface area (Å²) in [5.74, 6) is 0.297. The number of nitrogens with two attached hydrogens (primary N) is 2. The summed E-state index contributed by atoms with van der Waals surface area (Å²) in [6.07, 6.45) is 9.43. The van der Waals surface area contributed by atoms with Gasteiger partial charge in [0.05, 0.1) is 22.0 Å². The minimum Gasteiger partial charge on any atom is -0.381 e. The van der Waals surface area contributed by atoms with Crippen LogP contribution in [0, 0.1) is 0 Å². The Balaban J connectivity index is 1.83. The highest BCUT2D eigenvalue weighted by atomic mass is 32.2. The molecule has 1 aromatic heterocycles. The Morgan fingerprint density at radius 2 is 1.56 bits per heavy atom. The first-order valence-corrected chi connectivity index (χ1v) is 10.1. The molecular formula is C19H17N5O2S. The molecule has 0 saturated heterocycles. The summed E-state index contributed by atoms with van der Waals surface area (Å²) in [5.41, 5.74) is 16.7. The van der Waals surface area contributed by atoms with E-state index in [-0.39, 0.29) is 16.5 Å². The molecule has 0 amide bonds. The van der Waals surface area contributed by atoms with Gasteiger partial charge in [0.2, 0.25) is 0 Å². The fraction of sp³-hybridized carbons (Fsp3) is 0.105. The van der Waals surface area contributed by atoms with Crippen molar-refractivity contribution in [3.63, 3.8) is 0 Å². The maximum Gasteiger partial charge on any atom is 0.175 e. The largest absolute Gasteiger partial charge is 0.381 e. The third-order valence-electron chi connectivity index (χ3n) is 4.45. The molecule has 4 rings (SSSR count). The van der Waals surface area contributed by atoms with Crippen LogP contribution in [0.15, 0.2) is 63.7 Å². The van der Waals surface area contributed by atoms with E-state index in [9.17, 15) is 8.42 Å². The molecule has 0 unspecified atom stereocenters. The maximum atomic E-state index is 11.7. The van der Waals surface area contributed by atoms with Crippen molar-refractivity contribution in [1.82, 2.24) is 9.97 Å². The molecule has 0 spiro atoms. The lowest BCUT2D eigenvalue weighted by molar-refractivity contribution is 0.602. The Morgan fingerprint density at radius 1 is 0.889 bits per heavy atom. The molecule has 0 atom stereocenters. The van der Waals surface area contributed by atoms with Crippen LogP contribution in [0.4, 0.5) is 11.6 Å². The predicted molar refractivity (Wildman–Crippen MR) is 107 cm³/mol. The van der Waals surface area contributed by atoms with Crippen LogP contribution >= 0.6 is 0 Å². The summed E-state index contributed by atoms with van der Waals surface area (Å²) in [6.45, 7) is 0. The van der Waals surface area contributed by atoms with Gasteiger partial charge in [0.1, 0.15) is 0 Å². The predicted octanol–water partition coefficient (Wildman–Crippen LogP) is 2.39. The number of hydrogen-bond donors (Lipinski definition) is 2. The minimum atomic E-state index is -3.28. The lowest BCUT2D eigenvalue weighted by atomic mass is 9.93. The number of hydrogen-bond acceptors (Lipinski definition) is 7. The molecule has 0 fully saturated rings. The normalized spacial score (nSPS) is 15.8. The zero-order valence-electron chi connectivity index (χ0n) is 14.5. The lowest BCUT2D eigenvalue weighted by Crippen LogP contribution is -2.08. The van der Waals surface area contributed by atoms with Crippen molar-refractivity contribution in [2.45, 2.75) is 11.3 Å². The fourth-order valence-electron chi connectivity index (χ4n) is 3.03. The summed E-state index contributed by atoms with van der Waals surface area (Å²) in [7, 11) is -3.28. The topological polar surface area (TPSA) is 124 Å². The van der Waals surface area contributed by atoms with Crippen molar-refractivity contribution in [2.75, 3.05) is 17.7 Å². The van der Waals surface area contributed by atoms with Crippen LogP contribution in [0.3, 0.4) is 0 Å². The Hall–Kier alpha value is -3.26. The summed E-state index contributed by atoms with van der Waals surface area (Å²) in [5, 5.41) is 0. The van der Waals surface area contributed by atoms with Crippen molar-refractivity contribution in [1.29, 1.82) is 0 Å². The SMILES string of the molecule is CS(=O)(=O)c1ccc(-c2nc(N)c(N)nc2C2=CC=C3N=CC=C3C2)cc1. The highest BCUT2D eigenvalue weighted by Crippen LogP contribution is 2.37. The Labute approximate surface area is 156 Å². The van der Waals surface area contributed by atoms with E-state index in [4.69, 9.17) is 11.5 Å². The zero-order chi connectivity index (χ0) is 19.2. The van der Waals surface area contributed by atoms with Crippen LogP contribution < -0.4 is 11.5 Å². The van der Waals surface area contributed by atoms with Gasteiger partial charge < -0.3 is 11.5 Å². The molecule has 2 heterocycles. The molecule has 0 radical (unpaired) electrons. The monoisotopic (exact) mass is 379 g/mol. The molecular weight excluding hydrogens is 362 g/mol. The Bertz CT molecular complexity index is 1170. The van der Waals surface area contributed by atoms with Gasteiger partial charge in [-0.2, -0.15) is 0 Å². The standard InChI is InChI=1S/C19H17N5O2S/c1-27(25,26)14-5-2-11(3-6-14)16-17(24-19(21)18(20)23-16)13-4-7-15-12(10-13)8-9-22-15/h2-9H,10H2,1H3,(H2,20,23)(H2,21,24). The molecule has 1 aromatic carbocycles. The number of rotatable bonds is 3. The van der Waals surface area contributed by atoms with Crippen molar-refractivity contribution >= 4 is 33.3 Å². The molecule has 1 aliphatic carbocycles. The van der Waals surface area contributed by atoms with Gasteiger partial charge in [0.15, 0.2) is 21.5 Å². The number of benzene rings is 1. The molecule has 8 heteroatoms. The highest BCUT2D eigenvalue weighted by molar-refractivity contribution is 7.90. The van der Waals surface area contributed by atoms with Gasteiger partial charge in [-0.25, -0.2) is 18.4 Å². The van der Waals surface area contributed by atoms with Gasteiger partial charge in [-0.1, -0.05) is 18.2 Å². The third kappa shape index (κ3) is 3.15. The van der Waals surface area contributed by atoms with E-state index in [1.54, 1.807) is 30.5 Å². The van der Waals surface area contributed by atoms with Crippen LogP contribution in [-0.4, -0.2) is 30.9 Å². The third-order valence-corrected chi connectivity index (χ3v) is 5.58. The number of nitrogens with zero attached hydrogens (tertiary/aromatic N) is 3. The zero-order valence-corrected chi connectivity index (χ0v) is 15.4. The molecule has 2 aromatic rings. The molecule has 4 N–H and O–H groups in total. The van der Waals surface area contributed by atoms with Crippen LogP contribution in [0.2, 0.25) is 0 Å². The summed E-state index contributed by atoms with van der Waals surface area (Å²) in [4.78, 5) is 13.4. The lowest BCUT2D eigenvalue weighted by Gasteiger charge is -2.17. The van der Waals surface area contributed by atoms with Crippen LogP contribution in [0.1, 0.15) is 12.1 Å². The Morgan fingerprint density at radius 3 is 2.22 bits per heavy atom. The van der Waals surface area contributed by atoms with Crippen molar-refractivity contribution in [3.8, 4) is 11.3 Å². The molecule has 2 aliphatic rings.